The molecule has 0 saturated carbocycles. The number of ether oxygens (including phenoxy) is 1. The van der Waals surface area contributed by atoms with Crippen molar-refractivity contribution < 1.29 is 17.9 Å². The molecular formula is C13H12N2O4S2. The highest BCUT2D eigenvalue weighted by atomic mass is 32.2. The summed E-state index contributed by atoms with van der Waals surface area (Å²) in [5.41, 5.74) is 1.59. The van der Waals surface area contributed by atoms with Gasteiger partial charge in [-0.1, -0.05) is 6.07 Å². The lowest BCUT2D eigenvalue weighted by Gasteiger charge is -2.21. The number of amides is 1. The van der Waals surface area contributed by atoms with Gasteiger partial charge < -0.3 is 10.1 Å². The Bertz CT molecular complexity index is 798. The first-order valence-corrected chi connectivity index (χ1v) is 8.45. The summed E-state index contributed by atoms with van der Waals surface area (Å²) in [6.07, 6.45) is 0. The van der Waals surface area contributed by atoms with Crippen molar-refractivity contribution in [2.75, 3.05) is 16.6 Å². The molecule has 0 bridgehead atoms. The number of rotatable bonds is 3. The molecule has 1 aliphatic heterocycles. The molecule has 21 heavy (non-hydrogen) atoms. The lowest BCUT2D eigenvalue weighted by molar-refractivity contribution is -0.118. The molecular weight excluding hydrogens is 312 g/mol. The average Bonchev–Trinajstić information content (AvgIpc) is 2.91. The number of nitrogens with one attached hydrogen (secondary N) is 2. The summed E-state index contributed by atoms with van der Waals surface area (Å²) in [5.74, 6) is 0.0699. The minimum absolute atomic E-state index is 0.135. The van der Waals surface area contributed by atoms with E-state index in [2.05, 4.69) is 10.0 Å². The first-order valence-electron chi connectivity index (χ1n) is 6.09. The molecule has 0 saturated heterocycles. The zero-order chi connectivity index (χ0) is 15.0. The van der Waals surface area contributed by atoms with Crippen LogP contribution in [0.1, 0.15) is 5.56 Å². The van der Waals surface area contributed by atoms with E-state index in [4.69, 9.17) is 4.74 Å². The Balaban J connectivity index is 2.02. The zero-order valence-corrected chi connectivity index (χ0v) is 12.7. The molecule has 0 unspecified atom stereocenters. The van der Waals surface area contributed by atoms with E-state index in [1.165, 1.54) is 6.07 Å². The predicted octanol–water partition coefficient (Wildman–Crippen LogP) is 2.19. The van der Waals surface area contributed by atoms with Gasteiger partial charge >= 0.3 is 0 Å². The van der Waals surface area contributed by atoms with Gasteiger partial charge in [0.05, 0.1) is 11.4 Å². The third-order valence-electron chi connectivity index (χ3n) is 2.86. The molecule has 0 spiro atoms. The van der Waals surface area contributed by atoms with Gasteiger partial charge in [0.2, 0.25) is 0 Å². The number of thiophene rings is 1. The molecule has 0 atom stereocenters. The van der Waals surface area contributed by atoms with E-state index in [-0.39, 0.29) is 16.7 Å². The average molecular weight is 324 g/mol. The molecule has 2 aromatic rings. The van der Waals surface area contributed by atoms with E-state index in [0.29, 0.717) is 17.1 Å². The number of fused-ring (bicyclic) bond motifs is 1. The van der Waals surface area contributed by atoms with Crippen LogP contribution in [0.5, 0.6) is 5.75 Å². The van der Waals surface area contributed by atoms with E-state index in [1.807, 2.05) is 6.92 Å². The Morgan fingerprint density at radius 1 is 1.38 bits per heavy atom. The number of sulfonamides is 1. The Kier molecular flexibility index (Phi) is 3.34. The van der Waals surface area contributed by atoms with Crippen LogP contribution < -0.4 is 14.8 Å². The number of hydrogen-bond acceptors (Lipinski definition) is 5. The first-order chi connectivity index (χ1) is 9.95. The van der Waals surface area contributed by atoms with Crippen molar-refractivity contribution in [3.8, 4) is 5.75 Å². The molecule has 3 rings (SSSR count). The second-order valence-corrected chi connectivity index (χ2v) is 7.42. The van der Waals surface area contributed by atoms with Crippen LogP contribution in [0.25, 0.3) is 0 Å². The van der Waals surface area contributed by atoms with E-state index in [9.17, 15) is 13.2 Å². The standard InChI is InChI=1S/C13H12N2O4S2/c1-8-5-9-13(19-7-11(16)14-9)10(6-8)15-21(17,18)12-3-2-4-20-12/h2-6,15H,7H2,1H3,(H,14,16). The van der Waals surface area contributed by atoms with Crippen LogP contribution in [0.2, 0.25) is 0 Å². The van der Waals surface area contributed by atoms with E-state index in [0.717, 1.165) is 16.9 Å². The summed E-state index contributed by atoms with van der Waals surface area (Å²) >= 11 is 1.13. The van der Waals surface area contributed by atoms with Crippen LogP contribution in [0.3, 0.4) is 0 Å². The van der Waals surface area contributed by atoms with E-state index < -0.39 is 10.0 Å². The lowest BCUT2D eigenvalue weighted by atomic mass is 10.1. The van der Waals surface area contributed by atoms with Crippen LogP contribution in [0, 0.1) is 6.92 Å². The van der Waals surface area contributed by atoms with Gasteiger partial charge in [0.1, 0.15) is 4.21 Å². The summed E-state index contributed by atoms with van der Waals surface area (Å²) < 4.78 is 32.6. The fourth-order valence-corrected chi connectivity index (χ4v) is 4.08. The number of anilines is 2. The molecule has 110 valence electrons. The molecule has 0 fully saturated rings. The molecule has 1 aromatic heterocycles. The van der Waals surface area contributed by atoms with Crippen molar-refractivity contribution in [2.45, 2.75) is 11.1 Å². The zero-order valence-electron chi connectivity index (χ0n) is 11.0. The summed E-state index contributed by atoms with van der Waals surface area (Å²) in [4.78, 5) is 11.3. The van der Waals surface area contributed by atoms with E-state index in [1.54, 1.807) is 23.6 Å². The van der Waals surface area contributed by atoms with Crippen molar-refractivity contribution in [3.05, 3.63) is 35.2 Å². The molecule has 2 N–H and O–H groups in total. The minimum atomic E-state index is -3.66. The summed E-state index contributed by atoms with van der Waals surface area (Å²) in [7, 11) is -3.66. The third-order valence-corrected chi connectivity index (χ3v) is 5.62. The highest BCUT2D eigenvalue weighted by Gasteiger charge is 2.23. The van der Waals surface area contributed by atoms with Crippen LogP contribution in [-0.4, -0.2) is 20.9 Å². The van der Waals surface area contributed by atoms with Gasteiger partial charge in [0.15, 0.2) is 12.4 Å². The molecule has 2 heterocycles. The van der Waals surface area contributed by atoms with Crippen LogP contribution >= 0.6 is 11.3 Å². The Hall–Kier alpha value is -2.06. The number of carbonyl (C=O) groups excluding carboxylic acids is 1. The van der Waals surface area contributed by atoms with Gasteiger partial charge in [0.25, 0.3) is 15.9 Å². The van der Waals surface area contributed by atoms with Gasteiger partial charge in [-0.15, -0.1) is 11.3 Å². The predicted molar refractivity (Wildman–Crippen MR) is 80.4 cm³/mol. The van der Waals surface area contributed by atoms with Crippen LogP contribution in [0.15, 0.2) is 33.9 Å². The van der Waals surface area contributed by atoms with Gasteiger partial charge in [-0.05, 0) is 36.1 Å². The molecule has 1 aliphatic rings. The van der Waals surface area contributed by atoms with Gasteiger partial charge in [-0.3, -0.25) is 9.52 Å². The maximum absolute atomic E-state index is 12.3. The quantitative estimate of drug-likeness (QED) is 0.906. The van der Waals surface area contributed by atoms with Gasteiger partial charge in [-0.2, -0.15) is 0 Å². The topological polar surface area (TPSA) is 84.5 Å². The van der Waals surface area contributed by atoms with E-state index >= 15 is 0 Å². The maximum Gasteiger partial charge on any atom is 0.271 e. The highest BCUT2D eigenvalue weighted by Crippen LogP contribution is 2.38. The summed E-state index contributed by atoms with van der Waals surface area (Å²) in [6.45, 7) is 1.67. The van der Waals surface area contributed by atoms with Gasteiger partial charge in [-0.25, -0.2) is 8.42 Å². The number of hydrogen-bond donors (Lipinski definition) is 2. The molecule has 0 radical (unpaired) electrons. The normalized spacial score (nSPS) is 14.0. The third kappa shape index (κ3) is 2.72. The minimum Gasteiger partial charge on any atom is -0.479 e. The Labute approximate surface area is 125 Å². The molecule has 8 heteroatoms. The van der Waals surface area contributed by atoms with Crippen molar-refractivity contribution >= 4 is 38.6 Å². The van der Waals surface area contributed by atoms with Crippen molar-refractivity contribution in [1.82, 2.24) is 0 Å². The smallest absolute Gasteiger partial charge is 0.271 e. The molecule has 1 amide bonds. The SMILES string of the molecule is Cc1cc2c(c(NS(=O)(=O)c3cccs3)c1)OCC(=O)N2. The number of carbonyl (C=O) groups is 1. The molecule has 0 aliphatic carbocycles. The Morgan fingerprint density at radius 3 is 2.90 bits per heavy atom. The summed E-state index contributed by atoms with van der Waals surface area (Å²) in [5, 5.41) is 4.36. The second-order valence-electron chi connectivity index (χ2n) is 4.56. The first kappa shape index (κ1) is 13.9. The largest absolute Gasteiger partial charge is 0.479 e. The number of aryl methyl sites for hydroxylation is 1. The monoisotopic (exact) mass is 324 g/mol. The Morgan fingerprint density at radius 2 is 2.19 bits per heavy atom. The molecule has 1 aromatic carbocycles. The van der Waals surface area contributed by atoms with Crippen molar-refractivity contribution in [3.63, 3.8) is 0 Å². The highest BCUT2D eigenvalue weighted by molar-refractivity contribution is 7.94. The van der Waals surface area contributed by atoms with Crippen LogP contribution in [0.4, 0.5) is 11.4 Å². The van der Waals surface area contributed by atoms with Crippen LogP contribution in [-0.2, 0) is 14.8 Å². The fourth-order valence-electron chi connectivity index (χ4n) is 2.03. The second kappa shape index (κ2) is 5.05. The fraction of sp³-hybridized carbons (Fsp3) is 0.154. The maximum atomic E-state index is 12.3. The summed E-state index contributed by atoms with van der Waals surface area (Å²) in [6, 6.07) is 6.59. The number of benzene rings is 1. The lowest BCUT2D eigenvalue weighted by Crippen LogP contribution is -2.26. The van der Waals surface area contributed by atoms with Gasteiger partial charge in [0, 0.05) is 0 Å². The van der Waals surface area contributed by atoms with Crippen molar-refractivity contribution in [1.29, 1.82) is 0 Å². The molecule has 6 nitrogen and oxygen atoms in total. The van der Waals surface area contributed by atoms with Crippen molar-refractivity contribution in [2.24, 2.45) is 0 Å².